The van der Waals surface area contributed by atoms with Gasteiger partial charge >= 0.3 is 0 Å². The SMILES string of the molecule is CCCCn1nc(C)c(/C=N/NC(=O)COc2ccccc2Cl)c1Cl. The van der Waals surface area contributed by atoms with E-state index in [9.17, 15) is 4.79 Å². The maximum absolute atomic E-state index is 11.8. The second-order valence-corrected chi connectivity index (χ2v) is 6.14. The molecule has 0 aliphatic rings. The molecule has 0 aliphatic carbocycles. The van der Waals surface area contributed by atoms with E-state index < -0.39 is 5.91 Å². The Balaban J connectivity index is 1.89. The topological polar surface area (TPSA) is 68.5 Å². The number of aryl methyl sites for hydroxylation is 2. The molecule has 8 heteroatoms. The minimum absolute atomic E-state index is 0.191. The maximum Gasteiger partial charge on any atom is 0.277 e. The van der Waals surface area contributed by atoms with Gasteiger partial charge in [0.05, 0.1) is 22.5 Å². The first-order valence-corrected chi connectivity index (χ1v) is 8.70. The van der Waals surface area contributed by atoms with Crippen LogP contribution in [-0.4, -0.2) is 28.5 Å². The molecular formula is C17H20Cl2N4O2. The number of para-hydroxylation sites is 1. The summed E-state index contributed by atoms with van der Waals surface area (Å²) in [5.41, 5.74) is 3.84. The lowest BCUT2D eigenvalue weighted by molar-refractivity contribution is -0.123. The van der Waals surface area contributed by atoms with Crippen LogP contribution < -0.4 is 10.2 Å². The number of nitrogens with one attached hydrogen (secondary N) is 1. The molecule has 1 heterocycles. The van der Waals surface area contributed by atoms with Crippen molar-refractivity contribution in [2.45, 2.75) is 33.2 Å². The zero-order valence-electron chi connectivity index (χ0n) is 14.1. The Hall–Kier alpha value is -2.05. The molecule has 0 unspecified atom stereocenters. The van der Waals surface area contributed by atoms with Gasteiger partial charge in [-0.15, -0.1) is 0 Å². The molecule has 0 radical (unpaired) electrons. The average Bonchev–Trinajstić information content (AvgIpc) is 2.86. The third kappa shape index (κ3) is 5.47. The van der Waals surface area contributed by atoms with Gasteiger partial charge in [-0.05, 0) is 25.5 Å². The molecule has 0 atom stereocenters. The summed E-state index contributed by atoms with van der Waals surface area (Å²) in [6, 6.07) is 6.94. The summed E-state index contributed by atoms with van der Waals surface area (Å²) < 4.78 is 7.08. The first-order valence-electron chi connectivity index (χ1n) is 7.95. The van der Waals surface area contributed by atoms with E-state index in [2.05, 4.69) is 22.5 Å². The number of halogens is 2. The van der Waals surface area contributed by atoms with Gasteiger partial charge in [-0.25, -0.2) is 5.43 Å². The molecule has 0 bridgehead atoms. The van der Waals surface area contributed by atoms with Crippen LogP contribution in [0.5, 0.6) is 5.75 Å². The van der Waals surface area contributed by atoms with Gasteiger partial charge in [-0.1, -0.05) is 48.7 Å². The van der Waals surface area contributed by atoms with Crippen LogP contribution >= 0.6 is 23.2 Å². The number of unbranched alkanes of at least 4 members (excludes halogenated alkanes) is 1. The third-order valence-electron chi connectivity index (χ3n) is 3.41. The normalized spacial score (nSPS) is 11.0. The van der Waals surface area contributed by atoms with Crippen LogP contribution in [0.4, 0.5) is 0 Å². The van der Waals surface area contributed by atoms with Gasteiger partial charge in [-0.2, -0.15) is 10.2 Å². The third-order valence-corrected chi connectivity index (χ3v) is 4.12. The molecule has 0 fully saturated rings. The maximum atomic E-state index is 11.8. The number of hydrogen-bond acceptors (Lipinski definition) is 4. The number of hydrazone groups is 1. The number of rotatable bonds is 8. The van der Waals surface area contributed by atoms with Crippen molar-refractivity contribution < 1.29 is 9.53 Å². The fourth-order valence-electron chi connectivity index (χ4n) is 2.08. The number of ether oxygens (including phenoxy) is 1. The molecule has 1 aromatic carbocycles. The summed E-state index contributed by atoms with van der Waals surface area (Å²) in [7, 11) is 0. The van der Waals surface area contributed by atoms with Gasteiger partial charge in [0.2, 0.25) is 0 Å². The highest BCUT2D eigenvalue weighted by Crippen LogP contribution is 2.22. The van der Waals surface area contributed by atoms with Crippen molar-refractivity contribution >= 4 is 35.3 Å². The summed E-state index contributed by atoms with van der Waals surface area (Å²) in [5.74, 6) is 0.0442. The van der Waals surface area contributed by atoms with Crippen LogP contribution in [0.25, 0.3) is 0 Å². The summed E-state index contributed by atoms with van der Waals surface area (Å²) >= 11 is 12.3. The Morgan fingerprint density at radius 1 is 1.40 bits per heavy atom. The van der Waals surface area contributed by atoms with Gasteiger partial charge in [0.15, 0.2) is 6.61 Å². The molecule has 1 amide bonds. The van der Waals surface area contributed by atoms with Gasteiger partial charge in [0.1, 0.15) is 10.9 Å². The van der Waals surface area contributed by atoms with Crippen molar-refractivity contribution in [3.63, 3.8) is 0 Å². The van der Waals surface area contributed by atoms with Crippen molar-refractivity contribution in [2.24, 2.45) is 5.10 Å². The van der Waals surface area contributed by atoms with E-state index in [0.29, 0.717) is 21.5 Å². The molecule has 1 aromatic heterocycles. The lowest BCUT2D eigenvalue weighted by Crippen LogP contribution is -2.24. The lowest BCUT2D eigenvalue weighted by Gasteiger charge is -2.06. The predicted molar refractivity (Wildman–Crippen MR) is 99.6 cm³/mol. The molecule has 0 saturated heterocycles. The number of aromatic nitrogens is 2. The van der Waals surface area contributed by atoms with Crippen molar-refractivity contribution in [1.82, 2.24) is 15.2 Å². The number of benzene rings is 1. The molecule has 0 saturated carbocycles. The van der Waals surface area contributed by atoms with Gasteiger partial charge in [-0.3, -0.25) is 9.48 Å². The Morgan fingerprint density at radius 3 is 2.88 bits per heavy atom. The quantitative estimate of drug-likeness (QED) is 0.557. The molecule has 6 nitrogen and oxygen atoms in total. The van der Waals surface area contributed by atoms with Crippen molar-refractivity contribution in [1.29, 1.82) is 0 Å². The van der Waals surface area contributed by atoms with E-state index in [1.807, 2.05) is 6.92 Å². The lowest BCUT2D eigenvalue weighted by atomic mass is 10.3. The number of hydrogen-bond donors (Lipinski definition) is 1. The predicted octanol–water partition coefficient (Wildman–Crippen LogP) is 3.83. The first kappa shape index (κ1) is 19.3. The summed E-state index contributed by atoms with van der Waals surface area (Å²) in [6.07, 6.45) is 3.54. The minimum atomic E-state index is -0.400. The highest BCUT2D eigenvalue weighted by Gasteiger charge is 2.11. The Bertz CT molecular complexity index is 759. The Labute approximate surface area is 156 Å². The second kappa shape index (κ2) is 9.44. The fraction of sp³-hybridized carbons (Fsp3) is 0.353. The molecule has 25 heavy (non-hydrogen) atoms. The number of carbonyl (C=O) groups excluding carboxylic acids is 1. The number of nitrogens with zero attached hydrogens (tertiary/aromatic N) is 3. The summed E-state index contributed by atoms with van der Waals surface area (Å²) in [5, 5.41) is 9.24. The zero-order chi connectivity index (χ0) is 18.2. The highest BCUT2D eigenvalue weighted by molar-refractivity contribution is 6.32. The second-order valence-electron chi connectivity index (χ2n) is 5.38. The molecule has 1 N–H and O–H groups in total. The largest absolute Gasteiger partial charge is 0.482 e. The first-order chi connectivity index (χ1) is 12.0. The van der Waals surface area contributed by atoms with Crippen LogP contribution in [0.15, 0.2) is 29.4 Å². The van der Waals surface area contributed by atoms with Crippen molar-refractivity contribution in [2.75, 3.05) is 6.61 Å². The molecule has 0 spiro atoms. The van der Waals surface area contributed by atoms with E-state index in [-0.39, 0.29) is 6.61 Å². The zero-order valence-corrected chi connectivity index (χ0v) is 15.6. The van der Waals surface area contributed by atoms with E-state index >= 15 is 0 Å². The molecule has 2 aromatic rings. The Kier molecular flexibility index (Phi) is 7.28. The monoisotopic (exact) mass is 382 g/mol. The van der Waals surface area contributed by atoms with E-state index in [4.69, 9.17) is 27.9 Å². The van der Waals surface area contributed by atoms with Crippen molar-refractivity contribution in [3.05, 3.63) is 45.7 Å². The van der Waals surface area contributed by atoms with E-state index in [1.165, 1.54) is 6.21 Å². The van der Waals surface area contributed by atoms with Crippen LogP contribution in [0.2, 0.25) is 10.2 Å². The molecular weight excluding hydrogens is 363 g/mol. The van der Waals surface area contributed by atoms with E-state index in [1.54, 1.807) is 28.9 Å². The van der Waals surface area contributed by atoms with Crippen LogP contribution in [0.3, 0.4) is 0 Å². The highest BCUT2D eigenvalue weighted by atomic mass is 35.5. The molecule has 134 valence electrons. The smallest absolute Gasteiger partial charge is 0.277 e. The van der Waals surface area contributed by atoms with Crippen LogP contribution in [0, 0.1) is 6.92 Å². The average molecular weight is 383 g/mol. The fourth-order valence-corrected chi connectivity index (χ4v) is 2.57. The van der Waals surface area contributed by atoms with Gasteiger partial charge in [0.25, 0.3) is 5.91 Å². The minimum Gasteiger partial charge on any atom is -0.482 e. The summed E-state index contributed by atoms with van der Waals surface area (Å²) in [6.45, 7) is 4.51. The van der Waals surface area contributed by atoms with Gasteiger partial charge in [0, 0.05) is 6.54 Å². The number of carbonyl (C=O) groups is 1. The van der Waals surface area contributed by atoms with Crippen LogP contribution in [0.1, 0.15) is 31.0 Å². The molecule has 0 aliphatic heterocycles. The van der Waals surface area contributed by atoms with E-state index in [0.717, 1.165) is 25.1 Å². The van der Waals surface area contributed by atoms with Crippen LogP contribution in [-0.2, 0) is 11.3 Å². The standard InChI is InChI=1S/C17H20Cl2N4O2/c1-3-4-9-23-17(19)13(12(2)22-23)10-20-21-16(24)11-25-15-8-6-5-7-14(15)18/h5-8,10H,3-4,9,11H2,1-2H3,(H,21,24)/b20-10+. The molecule has 2 rings (SSSR count). The van der Waals surface area contributed by atoms with Gasteiger partial charge < -0.3 is 4.74 Å². The number of amides is 1. The summed E-state index contributed by atoms with van der Waals surface area (Å²) in [4.78, 5) is 11.8. The van der Waals surface area contributed by atoms with Crippen molar-refractivity contribution in [3.8, 4) is 5.75 Å². The Morgan fingerprint density at radius 2 is 2.16 bits per heavy atom.